The highest BCUT2D eigenvalue weighted by Crippen LogP contribution is 2.33. The minimum atomic E-state index is -0.626. The molecule has 7 heteroatoms. The molecule has 7 nitrogen and oxygen atoms in total. The number of non-ortho nitro benzene ring substituents is 1. The third kappa shape index (κ3) is 3.25. The number of nitrogens with one attached hydrogen (secondary N) is 1. The van der Waals surface area contributed by atoms with Crippen LogP contribution in [-0.2, 0) is 0 Å². The van der Waals surface area contributed by atoms with Crippen molar-refractivity contribution in [1.29, 1.82) is 0 Å². The molecule has 0 radical (unpaired) electrons. The van der Waals surface area contributed by atoms with Crippen LogP contribution in [0.5, 0.6) is 0 Å². The number of hydrogen-bond acceptors (Lipinski definition) is 5. The first-order valence-electron chi connectivity index (χ1n) is 6.02. The van der Waals surface area contributed by atoms with E-state index in [0.29, 0.717) is 12.0 Å². The van der Waals surface area contributed by atoms with Gasteiger partial charge in [0, 0.05) is 23.6 Å². The number of nitrogens with zero attached hydrogens (tertiary/aromatic N) is 2. The second-order valence-corrected chi connectivity index (χ2v) is 4.35. The van der Waals surface area contributed by atoms with Crippen LogP contribution in [0.3, 0.4) is 0 Å². The predicted molar refractivity (Wildman–Crippen MR) is 71.3 cm³/mol. The Labute approximate surface area is 110 Å². The summed E-state index contributed by atoms with van der Waals surface area (Å²) in [5.41, 5.74) is 0.0745. The summed E-state index contributed by atoms with van der Waals surface area (Å²) < 4.78 is 0. The Bertz CT molecular complexity index is 490. The fourth-order valence-electron chi connectivity index (χ4n) is 2.16. The maximum Gasteiger partial charge on any atom is 0.279 e. The van der Waals surface area contributed by atoms with Crippen molar-refractivity contribution in [1.82, 2.24) is 5.32 Å². The molecule has 0 aromatic heterocycles. The molecule has 0 aliphatic carbocycles. The molecular formula is C12H17N3O4. The normalized spacial score (nSPS) is 13.8. The van der Waals surface area contributed by atoms with Gasteiger partial charge in [-0.1, -0.05) is 6.92 Å². The lowest BCUT2D eigenvalue weighted by molar-refractivity contribution is -0.394. The SMILES string of the molecule is CCC(c1ccc([N+](=O)[O-])cc1[N+](=O)[O-])C(C)NC. The minimum absolute atomic E-state index is 0.0464. The molecule has 0 amide bonds. The van der Waals surface area contributed by atoms with E-state index in [4.69, 9.17) is 0 Å². The van der Waals surface area contributed by atoms with Crippen molar-refractivity contribution >= 4 is 11.4 Å². The molecule has 0 saturated carbocycles. The molecule has 0 fully saturated rings. The van der Waals surface area contributed by atoms with E-state index in [1.165, 1.54) is 12.1 Å². The Morgan fingerprint density at radius 1 is 1.26 bits per heavy atom. The molecular weight excluding hydrogens is 250 g/mol. The third-order valence-electron chi connectivity index (χ3n) is 3.32. The summed E-state index contributed by atoms with van der Waals surface area (Å²) in [6, 6.07) is 3.87. The fraction of sp³-hybridized carbons (Fsp3) is 0.500. The van der Waals surface area contributed by atoms with E-state index in [2.05, 4.69) is 5.32 Å². The van der Waals surface area contributed by atoms with E-state index in [1.54, 1.807) is 7.05 Å². The first kappa shape index (κ1) is 15.0. The van der Waals surface area contributed by atoms with Crippen LogP contribution in [0.15, 0.2) is 18.2 Å². The Balaban J connectivity index is 3.33. The fourth-order valence-corrected chi connectivity index (χ4v) is 2.16. The average Bonchev–Trinajstić information content (AvgIpc) is 2.39. The Kier molecular flexibility index (Phi) is 4.94. The molecule has 0 bridgehead atoms. The highest BCUT2D eigenvalue weighted by Gasteiger charge is 2.27. The van der Waals surface area contributed by atoms with E-state index in [0.717, 1.165) is 6.07 Å². The predicted octanol–water partition coefficient (Wildman–Crippen LogP) is 2.60. The van der Waals surface area contributed by atoms with Crippen molar-refractivity contribution in [3.63, 3.8) is 0 Å². The second kappa shape index (κ2) is 6.24. The van der Waals surface area contributed by atoms with Gasteiger partial charge in [0.15, 0.2) is 0 Å². The standard InChI is InChI=1S/C12H17N3O4/c1-4-10(8(2)13-3)11-6-5-9(14(16)17)7-12(11)15(18)19/h5-8,10,13H,4H2,1-3H3. The van der Waals surface area contributed by atoms with E-state index >= 15 is 0 Å². The molecule has 0 aliphatic heterocycles. The van der Waals surface area contributed by atoms with Crippen molar-refractivity contribution in [2.24, 2.45) is 0 Å². The minimum Gasteiger partial charge on any atom is -0.317 e. The number of hydrogen-bond donors (Lipinski definition) is 1. The summed E-state index contributed by atoms with van der Waals surface area (Å²) in [5.74, 6) is -0.0637. The first-order chi connectivity index (χ1) is 8.92. The maximum absolute atomic E-state index is 11.1. The van der Waals surface area contributed by atoms with E-state index in [-0.39, 0.29) is 23.3 Å². The zero-order valence-corrected chi connectivity index (χ0v) is 11.1. The van der Waals surface area contributed by atoms with Gasteiger partial charge in [-0.2, -0.15) is 0 Å². The lowest BCUT2D eigenvalue weighted by Crippen LogP contribution is -2.29. The van der Waals surface area contributed by atoms with Crippen LogP contribution in [-0.4, -0.2) is 22.9 Å². The summed E-state index contributed by atoms with van der Waals surface area (Å²) in [5, 5.41) is 24.8. The lowest BCUT2D eigenvalue weighted by atomic mass is 9.88. The van der Waals surface area contributed by atoms with Gasteiger partial charge in [0.05, 0.1) is 15.9 Å². The Morgan fingerprint density at radius 2 is 1.89 bits per heavy atom. The summed E-state index contributed by atoms with van der Waals surface area (Å²) >= 11 is 0. The molecule has 19 heavy (non-hydrogen) atoms. The van der Waals surface area contributed by atoms with Crippen molar-refractivity contribution < 1.29 is 9.85 Å². The number of nitro benzene ring substituents is 2. The topological polar surface area (TPSA) is 98.3 Å². The monoisotopic (exact) mass is 267 g/mol. The van der Waals surface area contributed by atoms with E-state index in [9.17, 15) is 20.2 Å². The van der Waals surface area contributed by atoms with Crippen LogP contribution in [0.4, 0.5) is 11.4 Å². The zero-order chi connectivity index (χ0) is 14.6. The number of benzene rings is 1. The highest BCUT2D eigenvalue weighted by atomic mass is 16.6. The molecule has 2 atom stereocenters. The molecule has 0 heterocycles. The van der Waals surface area contributed by atoms with E-state index in [1.807, 2.05) is 13.8 Å². The van der Waals surface area contributed by atoms with Crippen molar-refractivity contribution in [3.05, 3.63) is 44.0 Å². The molecule has 104 valence electrons. The van der Waals surface area contributed by atoms with Gasteiger partial charge in [0.25, 0.3) is 11.4 Å². The van der Waals surface area contributed by atoms with Gasteiger partial charge in [-0.3, -0.25) is 20.2 Å². The van der Waals surface area contributed by atoms with Gasteiger partial charge in [0.2, 0.25) is 0 Å². The largest absolute Gasteiger partial charge is 0.317 e. The van der Waals surface area contributed by atoms with Gasteiger partial charge in [-0.05, 0) is 26.5 Å². The quantitative estimate of drug-likeness (QED) is 0.631. The lowest BCUT2D eigenvalue weighted by Gasteiger charge is -2.22. The van der Waals surface area contributed by atoms with Crippen LogP contribution in [0, 0.1) is 20.2 Å². The van der Waals surface area contributed by atoms with Gasteiger partial charge in [-0.25, -0.2) is 0 Å². The summed E-state index contributed by atoms with van der Waals surface area (Å²) in [6.07, 6.45) is 0.709. The van der Waals surface area contributed by atoms with Crippen LogP contribution in [0.2, 0.25) is 0 Å². The van der Waals surface area contributed by atoms with Crippen LogP contribution in [0.1, 0.15) is 31.7 Å². The first-order valence-corrected chi connectivity index (χ1v) is 6.02. The molecule has 1 aromatic rings. The van der Waals surface area contributed by atoms with Crippen molar-refractivity contribution in [2.75, 3.05) is 7.05 Å². The number of nitro groups is 2. The van der Waals surface area contributed by atoms with Crippen molar-refractivity contribution in [3.8, 4) is 0 Å². The molecule has 1 rings (SSSR count). The molecule has 0 aliphatic rings. The van der Waals surface area contributed by atoms with Crippen LogP contribution < -0.4 is 5.32 Å². The third-order valence-corrected chi connectivity index (χ3v) is 3.32. The van der Waals surface area contributed by atoms with Crippen LogP contribution in [0.25, 0.3) is 0 Å². The smallest absolute Gasteiger partial charge is 0.279 e. The van der Waals surface area contributed by atoms with E-state index < -0.39 is 9.85 Å². The number of likely N-dealkylation sites (N-methyl/N-ethyl adjacent to an activating group) is 1. The summed E-state index contributed by atoms with van der Waals surface area (Å²) in [6.45, 7) is 3.86. The van der Waals surface area contributed by atoms with Crippen molar-refractivity contribution in [2.45, 2.75) is 32.2 Å². The molecule has 0 spiro atoms. The number of rotatable bonds is 6. The van der Waals surface area contributed by atoms with Gasteiger partial charge < -0.3 is 5.32 Å². The second-order valence-electron chi connectivity index (χ2n) is 4.35. The highest BCUT2D eigenvalue weighted by molar-refractivity contribution is 5.51. The molecule has 1 aromatic carbocycles. The van der Waals surface area contributed by atoms with Gasteiger partial charge in [0.1, 0.15) is 0 Å². The maximum atomic E-state index is 11.1. The Hall–Kier alpha value is -2.02. The summed E-state index contributed by atoms with van der Waals surface area (Å²) in [4.78, 5) is 20.6. The van der Waals surface area contributed by atoms with Gasteiger partial charge >= 0.3 is 0 Å². The zero-order valence-electron chi connectivity index (χ0n) is 11.1. The summed E-state index contributed by atoms with van der Waals surface area (Å²) in [7, 11) is 1.78. The average molecular weight is 267 g/mol. The molecule has 2 unspecified atom stereocenters. The van der Waals surface area contributed by atoms with Gasteiger partial charge in [-0.15, -0.1) is 0 Å². The Morgan fingerprint density at radius 3 is 2.32 bits per heavy atom. The molecule has 1 N–H and O–H groups in total. The molecule has 0 saturated heterocycles. The van der Waals surface area contributed by atoms with Crippen LogP contribution >= 0.6 is 0 Å².